The van der Waals surface area contributed by atoms with Crippen LogP contribution >= 0.6 is 11.8 Å². The predicted octanol–water partition coefficient (Wildman–Crippen LogP) is 1.56. The van der Waals surface area contributed by atoms with Gasteiger partial charge in [-0.15, -0.1) is 11.8 Å². The Labute approximate surface area is 87.6 Å². The number of carbonyl (C=O) groups excluding carboxylic acids is 1. The summed E-state index contributed by atoms with van der Waals surface area (Å²) >= 11 is 1.60. The van der Waals surface area contributed by atoms with E-state index >= 15 is 0 Å². The third-order valence-electron chi connectivity index (χ3n) is 1.89. The highest BCUT2D eigenvalue weighted by Gasteiger charge is 2.10. The van der Waals surface area contributed by atoms with Crippen LogP contribution in [0, 0.1) is 0 Å². The van der Waals surface area contributed by atoms with Crippen LogP contribution in [0.2, 0.25) is 0 Å². The molecule has 0 radical (unpaired) electrons. The van der Waals surface area contributed by atoms with Gasteiger partial charge in [-0.2, -0.15) is 0 Å². The number of hydrogen-bond acceptors (Lipinski definition) is 4. The van der Waals surface area contributed by atoms with E-state index in [2.05, 4.69) is 0 Å². The minimum atomic E-state index is -0.102. The van der Waals surface area contributed by atoms with Crippen LogP contribution in [-0.4, -0.2) is 25.7 Å². The molecule has 0 bridgehead atoms. The molecule has 4 heteroatoms. The van der Waals surface area contributed by atoms with Crippen LogP contribution < -0.4 is 10.5 Å². The van der Waals surface area contributed by atoms with Crippen LogP contribution in [0.3, 0.4) is 0 Å². The van der Waals surface area contributed by atoms with E-state index in [1.807, 2.05) is 18.4 Å². The standard InChI is InChI=1S/C10H13NO2S/c1-13-10-5-7(14-2)3-4-8(10)9(12)6-11/h3-5H,6,11H2,1-2H3. The van der Waals surface area contributed by atoms with Crippen LogP contribution in [-0.2, 0) is 0 Å². The van der Waals surface area contributed by atoms with Crippen LogP contribution in [0.1, 0.15) is 10.4 Å². The molecule has 0 fully saturated rings. The fourth-order valence-electron chi connectivity index (χ4n) is 1.14. The first kappa shape index (κ1) is 11.1. The number of ether oxygens (including phenoxy) is 1. The van der Waals surface area contributed by atoms with E-state index in [9.17, 15) is 4.79 Å². The number of methoxy groups -OCH3 is 1. The van der Waals surface area contributed by atoms with Gasteiger partial charge < -0.3 is 10.5 Å². The number of hydrogen-bond donors (Lipinski definition) is 1. The third kappa shape index (κ3) is 2.27. The number of thioether (sulfide) groups is 1. The second-order valence-corrected chi connectivity index (χ2v) is 3.57. The molecule has 0 saturated heterocycles. The Kier molecular flexibility index (Phi) is 3.98. The van der Waals surface area contributed by atoms with E-state index < -0.39 is 0 Å². The quantitative estimate of drug-likeness (QED) is 0.606. The molecule has 1 rings (SSSR count). The molecule has 14 heavy (non-hydrogen) atoms. The molecule has 0 heterocycles. The lowest BCUT2D eigenvalue weighted by Gasteiger charge is -2.07. The van der Waals surface area contributed by atoms with Gasteiger partial charge in [0.05, 0.1) is 19.2 Å². The molecule has 2 N–H and O–H groups in total. The van der Waals surface area contributed by atoms with Crippen molar-refractivity contribution >= 4 is 17.5 Å². The van der Waals surface area contributed by atoms with Crippen molar-refractivity contribution in [2.45, 2.75) is 4.90 Å². The van der Waals surface area contributed by atoms with Crippen LogP contribution in [0.4, 0.5) is 0 Å². The summed E-state index contributed by atoms with van der Waals surface area (Å²) in [6.07, 6.45) is 1.97. The molecule has 0 aliphatic rings. The SMILES string of the molecule is COc1cc(SC)ccc1C(=O)CN. The Morgan fingerprint density at radius 1 is 1.57 bits per heavy atom. The maximum Gasteiger partial charge on any atom is 0.180 e. The van der Waals surface area contributed by atoms with Crippen molar-refractivity contribution in [3.8, 4) is 5.75 Å². The van der Waals surface area contributed by atoms with Crippen LogP contribution in [0.15, 0.2) is 23.1 Å². The Bertz CT molecular complexity index is 339. The normalized spacial score (nSPS) is 9.93. The molecule has 0 atom stereocenters. The summed E-state index contributed by atoms with van der Waals surface area (Å²) in [5.74, 6) is 0.488. The Morgan fingerprint density at radius 2 is 2.29 bits per heavy atom. The predicted molar refractivity (Wildman–Crippen MR) is 58.2 cm³/mol. The summed E-state index contributed by atoms with van der Waals surface area (Å²) in [5, 5.41) is 0. The topological polar surface area (TPSA) is 52.3 Å². The Morgan fingerprint density at radius 3 is 2.79 bits per heavy atom. The van der Waals surface area contributed by atoms with E-state index in [0.717, 1.165) is 4.90 Å². The number of rotatable bonds is 4. The van der Waals surface area contributed by atoms with E-state index in [1.165, 1.54) is 0 Å². The first-order chi connectivity index (χ1) is 6.72. The van der Waals surface area contributed by atoms with Crippen molar-refractivity contribution in [1.29, 1.82) is 0 Å². The third-order valence-corrected chi connectivity index (χ3v) is 2.62. The summed E-state index contributed by atoms with van der Waals surface area (Å²) in [6, 6.07) is 5.48. The maximum absolute atomic E-state index is 11.4. The van der Waals surface area contributed by atoms with Gasteiger partial charge in [0.2, 0.25) is 0 Å². The minimum Gasteiger partial charge on any atom is -0.496 e. The number of ketones is 1. The molecule has 0 spiro atoms. The summed E-state index contributed by atoms with van der Waals surface area (Å²) in [6.45, 7) is 0.00890. The van der Waals surface area contributed by atoms with Crippen molar-refractivity contribution in [3.63, 3.8) is 0 Å². The summed E-state index contributed by atoms with van der Waals surface area (Å²) < 4.78 is 5.12. The summed E-state index contributed by atoms with van der Waals surface area (Å²) in [5.41, 5.74) is 5.84. The Balaban J connectivity index is 3.11. The van der Waals surface area contributed by atoms with Gasteiger partial charge in [-0.25, -0.2) is 0 Å². The molecule has 0 aromatic heterocycles. The van der Waals surface area contributed by atoms with Gasteiger partial charge in [-0.3, -0.25) is 4.79 Å². The second-order valence-electron chi connectivity index (χ2n) is 2.69. The van der Waals surface area contributed by atoms with Gasteiger partial charge in [0, 0.05) is 4.90 Å². The van der Waals surface area contributed by atoms with Crippen molar-refractivity contribution in [3.05, 3.63) is 23.8 Å². The summed E-state index contributed by atoms with van der Waals surface area (Å²) in [4.78, 5) is 12.4. The number of benzene rings is 1. The van der Waals surface area contributed by atoms with E-state index in [-0.39, 0.29) is 12.3 Å². The number of carbonyl (C=O) groups is 1. The lowest BCUT2D eigenvalue weighted by Crippen LogP contribution is -2.14. The zero-order valence-corrected chi connectivity index (χ0v) is 9.06. The average Bonchev–Trinajstić information content (AvgIpc) is 2.27. The zero-order valence-electron chi connectivity index (χ0n) is 8.24. The molecule has 3 nitrogen and oxygen atoms in total. The largest absolute Gasteiger partial charge is 0.496 e. The van der Waals surface area contributed by atoms with E-state index in [1.54, 1.807) is 24.9 Å². The first-order valence-corrected chi connectivity index (χ1v) is 5.40. The zero-order chi connectivity index (χ0) is 10.6. The van der Waals surface area contributed by atoms with Crippen LogP contribution in [0.25, 0.3) is 0 Å². The van der Waals surface area contributed by atoms with Gasteiger partial charge in [-0.05, 0) is 24.5 Å². The fraction of sp³-hybridized carbons (Fsp3) is 0.300. The van der Waals surface area contributed by atoms with Gasteiger partial charge in [0.1, 0.15) is 5.75 Å². The lowest BCUT2D eigenvalue weighted by atomic mass is 10.1. The molecule has 76 valence electrons. The first-order valence-electron chi connectivity index (χ1n) is 4.18. The van der Waals surface area contributed by atoms with E-state index in [4.69, 9.17) is 10.5 Å². The second kappa shape index (κ2) is 5.02. The Hall–Kier alpha value is -1.00. The molecule has 0 unspecified atom stereocenters. The monoisotopic (exact) mass is 211 g/mol. The van der Waals surface area contributed by atoms with Crippen molar-refractivity contribution in [2.24, 2.45) is 5.73 Å². The summed E-state index contributed by atoms with van der Waals surface area (Å²) in [7, 11) is 1.55. The molecule has 1 aromatic rings. The van der Waals surface area contributed by atoms with Gasteiger partial charge in [0.25, 0.3) is 0 Å². The minimum absolute atomic E-state index is 0.00890. The average molecular weight is 211 g/mol. The molecule has 0 aliphatic heterocycles. The molecular weight excluding hydrogens is 198 g/mol. The molecule has 0 aliphatic carbocycles. The van der Waals surface area contributed by atoms with Crippen molar-refractivity contribution < 1.29 is 9.53 Å². The molecule has 0 amide bonds. The highest BCUT2D eigenvalue weighted by molar-refractivity contribution is 7.98. The van der Waals surface area contributed by atoms with E-state index in [0.29, 0.717) is 11.3 Å². The highest BCUT2D eigenvalue weighted by Crippen LogP contribution is 2.25. The molecule has 0 saturated carbocycles. The smallest absolute Gasteiger partial charge is 0.180 e. The highest BCUT2D eigenvalue weighted by atomic mass is 32.2. The van der Waals surface area contributed by atoms with Crippen molar-refractivity contribution in [2.75, 3.05) is 19.9 Å². The lowest BCUT2D eigenvalue weighted by molar-refractivity contribution is 0.0998. The van der Waals surface area contributed by atoms with Gasteiger partial charge >= 0.3 is 0 Å². The van der Waals surface area contributed by atoms with Crippen molar-refractivity contribution in [1.82, 2.24) is 0 Å². The maximum atomic E-state index is 11.4. The molecule has 1 aromatic carbocycles. The number of nitrogens with two attached hydrogens (primary N) is 1. The molecular formula is C10H13NO2S. The van der Waals surface area contributed by atoms with Gasteiger partial charge in [0.15, 0.2) is 5.78 Å². The fourth-order valence-corrected chi connectivity index (χ4v) is 1.57. The van der Waals surface area contributed by atoms with Crippen LogP contribution in [0.5, 0.6) is 5.75 Å². The number of Topliss-reactive ketones (excluding diaryl/α,β-unsaturated/α-hetero) is 1. The van der Waals surface area contributed by atoms with Gasteiger partial charge in [-0.1, -0.05) is 0 Å².